The number of carbonyl (C=O) groups excluding carboxylic acids is 2. The van der Waals surface area contributed by atoms with Gasteiger partial charge in [-0.2, -0.15) is 10.5 Å². The molecule has 0 fully saturated rings. The smallest absolute Gasteiger partial charge is 0.296 e. The van der Waals surface area contributed by atoms with Crippen molar-refractivity contribution in [2.45, 2.75) is 0 Å². The quantitative estimate of drug-likeness (QED) is 0.229. The molecule has 0 spiro atoms. The Balaban J connectivity index is 0. The van der Waals surface area contributed by atoms with Crippen molar-refractivity contribution in [3.05, 3.63) is 12.2 Å². The third-order valence-corrected chi connectivity index (χ3v) is 0.535. The highest BCUT2D eigenvalue weighted by molar-refractivity contribution is 5.91. The van der Waals surface area contributed by atoms with E-state index in [1.54, 1.807) is 0 Å². The van der Waals surface area contributed by atoms with Crippen molar-refractivity contribution in [1.29, 1.82) is 0 Å². The van der Waals surface area contributed by atoms with Crippen molar-refractivity contribution in [1.82, 2.24) is 0 Å². The molecule has 0 aliphatic carbocycles. The van der Waals surface area contributed by atoms with Crippen LogP contribution < -0.4 is 0 Å². The van der Waals surface area contributed by atoms with Crippen LogP contribution in [-0.2, 0) is 19.4 Å². The van der Waals surface area contributed by atoms with Crippen molar-refractivity contribution >= 4 is 29.3 Å². The molecule has 0 amide bonds. The lowest BCUT2D eigenvalue weighted by Gasteiger charge is -1.85. The first-order chi connectivity index (χ1) is 4.70. The third-order valence-electron chi connectivity index (χ3n) is 0.535. The Morgan fingerprint density at radius 1 is 1.00 bits per heavy atom. The Bertz CT molecular complexity index is 146. The number of hydrogen-bond acceptors (Lipinski definition) is 6. The van der Waals surface area contributed by atoms with Crippen molar-refractivity contribution in [2.24, 2.45) is 0 Å². The molecule has 0 saturated carbocycles. The summed E-state index contributed by atoms with van der Waals surface area (Å²) in [5.74, 6) is -2.27. The minimum absolute atomic E-state index is 0. The van der Waals surface area contributed by atoms with Crippen molar-refractivity contribution in [3.8, 4) is 0 Å². The van der Waals surface area contributed by atoms with E-state index in [1.807, 2.05) is 0 Å². The Hall–Kier alpha value is -0.868. The van der Waals surface area contributed by atoms with Crippen LogP contribution in [0.5, 0.6) is 0 Å². The van der Waals surface area contributed by atoms with Gasteiger partial charge in [-0.15, -0.1) is 0 Å². The lowest BCUT2D eigenvalue weighted by atomic mass is 10.5. The van der Waals surface area contributed by atoms with Gasteiger partial charge < -0.3 is 0 Å². The number of hydrogen-bond donors (Lipinski definition) is 2. The highest BCUT2D eigenvalue weighted by Gasteiger charge is 1.97. The minimum atomic E-state index is -1.13. The summed E-state index contributed by atoms with van der Waals surface area (Å²) in [4.78, 5) is 26.2. The zero-order chi connectivity index (χ0) is 7.98. The fourth-order valence-electron chi connectivity index (χ4n) is 0.197. The van der Waals surface area contributed by atoms with Gasteiger partial charge in [0.2, 0.25) is 0 Å². The molecule has 6 nitrogen and oxygen atoms in total. The minimum Gasteiger partial charge on any atom is -0.296 e. The highest BCUT2D eigenvalue weighted by atomic mass is 27.0. The van der Waals surface area contributed by atoms with Gasteiger partial charge in [-0.05, 0) is 0 Å². The summed E-state index contributed by atoms with van der Waals surface area (Å²) in [5.41, 5.74) is 0. The van der Waals surface area contributed by atoms with Crippen LogP contribution in [0.25, 0.3) is 0 Å². The molecule has 0 atom stereocenters. The second-order valence-corrected chi connectivity index (χ2v) is 1.15. The second kappa shape index (κ2) is 7.24. The fourth-order valence-corrected chi connectivity index (χ4v) is 0.197. The van der Waals surface area contributed by atoms with Crippen LogP contribution in [-0.4, -0.2) is 39.8 Å². The van der Waals surface area contributed by atoms with Gasteiger partial charge in [0.15, 0.2) is 17.4 Å². The van der Waals surface area contributed by atoms with Gasteiger partial charge >= 0.3 is 11.9 Å². The van der Waals surface area contributed by atoms with E-state index in [-0.39, 0.29) is 17.4 Å². The van der Waals surface area contributed by atoms with E-state index in [4.69, 9.17) is 10.5 Å². The molecule has 62 valence electrons. The summed E-state index contributed by atoms with van der Waals surface area (Å²) in [6.45, 7) is 0. The molecule has 0 aromatic heterocycles. The van der Waals surface area contributed by atoms with Crippen LogP contribution in [0.3, 0.4) is 0 Å². The first-order valence-electron chi connectivity index (χ1n) is 2.09. The Kier molecular flexibility index (Phi) is 8.41. The zero-order valence-corrected chi connectivity index (χ0v) is 4.68. The summed E-state index contributed by atoms with van der Waals surface area (Å²) in [6.07, 6.45) is 1.16. The molecule has 0 radical (unpaired) electrons. The van der Waals surface area contributed by atoms with Crippen molar-refractivity contribution in [3.63, 3.8) is 0 Å². The molecule has 0 bridgehead atoms. The predicted octanol–water partition coefficient (Wildman–Crippen LogP) is -1.61. The van der Waals surface area contributed by atoms with E-state index in [0.29, 0.717) is 12.2 Å². The second-order valence-electron chi connectivity index (χ2n) is 1.15. The number of carbonyl (C=O) groups is 2. The van der Waals surface area contributed by atoms with E-state index in [9.17, 15) is 9.59 Å². The van der Waals surface area contributed by atoms with Gasteiger partial charge in [0.1, 0.15) is 0 Å². The zero-order valence-electron chi connectivity index (χ0n) is 4.68. The maximum Gasteiger partial charge on any atom is 0.365 e. The first kappa shape index (κ1) is 12.8. The summed E-state index contributed by atoms with van der Waals surface area (Å²) < 4.78 is 0. The topological polar surface area (TPSA) is 93.1 Å². The maximum atomic E-state index is 9.98. The molecular weight excluding hydrogens is 171 g/mol. The van der Waals surface area contributed by atoms with E-state index in [1.165, 1.54) is 0 Å². The molecule has 0 aromatic rings. The molecule has 0 aliphatic heterocycles. The van der Waals surface area contributed by atoms with Gasteiger partial charge in [-0.1, -0.05) is 0 Å². The molecule has 2 N–H and O–H groups in total. The molecule has 0 saturated heterocycles. The van der Waals surface area contributed by atoms with Gasteiger partial charge in [-0.25, -0.2) is 9.59 Å². The van der Waals surface area contributed by atoms with Crippen LogP contribution in [0.2, 0.25) is 0 Å². The Labute approximate surface area is 72.0 Å². The normalized spacial score (nSPS) is 8.55. The maximum absolute atomic E-state index is 9.98. The fraction of sp³-hybridized carbons (Fsp3) is 0. The average Bonchev–Trinajstić information content (AvgIpc) is 1.99. The third kappa shape index (κ3) is 7.02. The van der Waals surface area contributed by atoms with E-state index >= 15 is 0 Å². The van der Waals surface area contributed by atoms with Crippen LogP contribution >= 0.6 is 0 Å². The molecule has 0 aliphatic rings. The highest BCUT2D eigenvalue weighted by Crippen LogP contribution is 1.79. The Morgan fingerprint density at radius 3 is 1.45 bits per heavy atom. The monoisotopic (exact) mass is 178 g/mol. The molecule has 7 heteroatoms. The molecule has 0 rings (SSSR count). The summed E-state index contributed by atoms with van der Waals surface area (Å²) in [6, 6.07) is 0. The Morgan fingerprint density at radius 2 is 1.27 bits per heavy atom. The van der Waals surface area contributed by atoms with Crippen LogP contribution in [0.1, 0.15) is 0 Å². The van der Waals surface area contributed by atoms with E-state index in [2.05, 4.69) is 9.78 Å². The van der Waals surface area contributed by atoms with Gasteiger partial charge in [0.25, 0.3) is 0 Å². The average molecular weight is 178 g/mol. The van der Waals surface area contributed by atoms with E-state index < -0.39 is 11.9 Å². The van der Waals surface area contributed by atoms with Gasteiger partial charge in [0.05, 0.1) is 0 Å². The summed E-state index contributed by atoms with van der Waals surface area (Å²) in [5, 5.41) is 15.2. The lowest BCUT2D eigenvalue weighted by Crippen LogP contribution is -1.99. The molecule has 0 unspecified atom stereocenters. The van der Waals surface area contributed by atoms with Crippen molar-refractivity contribution < 1.29 is 29.9 Å². The SMILES string of the molecule is O=C(/C=C\C(=O)OO)OO.[AlH3]. The predicted molar refractivity (Wildman–Crippen MR) is 36.5 cm³/mol. The van der Waals surface area contributed by atoms with Crippen LogP contribution in [0.4, 0.5) is 0 Å². The van der Waals surface area contributed by atoms with Crippen LogP contribution in [0.15, 0.2) is 12.2 Å². The molecule has 0 aromatic carbocycles. The summed E-state index contributed by atoms with van der Waals surface area (Å²) in [7, 11) is 0. The first-order valence-corrected chi connectivity index (χ1v) is 2.09. The van der Waals surface area contributed by atoms with Gasteiger partial charge in [0, 0.05) is 12.2 Å². The standard InChI is InChI=1S/C4H4O6.Al.3H/c5-3(9-7)1-2-4(6)10-8;;;;/h1-2,7-8H;;;;/b2-1-;;;;. The summed E-state index contributed by atoms with van der Waals surface area (Å²) >= 11 is 0. The van der Waals surface area contributed by atoms with Gasteiger partial charge in [-0.3, -0.25) is 9.78 Å². The van der Waals surface area contributed by atoms with Crippen molar-refractivity contribution in [2.75, 3.05) is 0 Å². The number of rotatable bonds is 2. The molecular formula is C4H7AlO6. The molecule has 0 heterocycles. The lowest BCUT2D eigenvalue weighted by molar-refractivity contribution is -0.230. The molecule has 11 heavy (non-hydrogen) atoms. The van der Waals surface area contributed by atoms with E-state index in [0.717, 1.165) is 0 Å². The van der Waals surface area contributed by atoms with Crippen LogP contribution in [0, 0.1) is 0 Å². The largest absolute Gasteiger partial charge is 0.365 e.